The van der Waals surface area contributed by atoms with Gasteiger partial charge < -0.3 is 0 Å². The zero-order chi connectivity index (χ0) is 21.6. The molecule has 0 aliphatic heterocycles. The Labute approximate surface area is 188 Å². The molecule has 0 saturated carbocycles. The third kappa shape index (κ3) is 8.16. The zero-order valence-corrected chi connectivity index (χ0v) is 20.8. The SMILES string of the molecule is CCCCCCP(CCCCCC)N([C@@H](C)c1ccccc1)[C@@H](C)c1ccccc1. The van der Waals surface area contributed by atoms with Crippen LogP contribution in [0.15, 0.2) is 60.7 Å². The van der Waals surface area contributed by atoms with Crippen LogP contribution in [0, 0.1) is 0 Å². The van der Waals surface area contributed by atoms with Crippen LogP contribution in [0.5, 0.6) is 0 Å². The molecule has 0 aromatic heterocycles. The second kappa shape index (κ2) is 14.8. The average Bonchev–Trinajstić information content (AvgIpc) is 2.80. The maximum absolute atomic E-state index is 2.90. The summed E-state index contributed by atoms with van der Waals surface area (Å²) in [7, 11) is -0.150. The highest BCUT2D eigenvalue weighted by atomic mass is 31.1. The van der Waals surface area contributed by atoms with Crippen molar-refractivity contribution in [1.82, 2.24) is 4.67 Å². The van der Waals surface area contributed by atoms with E-state index in [1.165, 1.54) is 74.8 Å². The Morgan fingerprint density at radius 2 is 1.00 bits per heavy atom. The van der Waals surface area contributed by atoms with Crippen molar-refractivity contribution in [2.24, 2.45) is 0 Å². The van der Waals surface area contributed by atoms with E-state index < -0.39 is 0 Å². The molecule has 0 amide bonds. The minimum Gasteiger partial charge on any atom is -0.268 e. The lowest BCUT2D eigenvalue weighted by Crippen LogP contribution is -2.27. The van der Waals surface area contributed by atoms with Crippen LogP contribution in [0.3, 0.4) is 0 Å². The number of nitrogens with zero attached hydrogens (tertiary/aromatic N) is 1. The van der Waals surface area contributed by atoms with E-state index in [1.807, 2.05) is 0 Å². The van der Waals surface area contributed by atoms with Crippen molar-refractivity contribution < 1.29 is 0 Å². The molecule has 0 aliphatic rings. The zero-order valence-electron chi connectivity index (χ0n) is 19.9. The first-order chi connectivity index (χ1) is 14.7. The number of benzene rings is 2. The summed E-state index contributed by atoms with van der Waals surface area (Å²) in [4.78, 5) is 0. The maximum atomic E-state index is 2.90. The lowest BCUT2D eigenvalue weighted by molar-refractivity contribution is 0.297. The molecule has 0 aliphatic carbocycles. The summed E-state index contributed by atoms with van der Waals surface area (Å²) in [5.74, 6) is 0. The van der Waals surface area contributed by atoms with Crippen LogP contribution in [0.25, 0.3) is 0 Å². The van der Waals surface area contributed by atoms with Gasteiger partial charge in [0, 0.05) is 12.1 Å². The fourth-order valence-electron chi connectivity index (χ4n) is 4.38. The van der Waals surface area contributed by atoms with Crippen LogP contribution < -0.4 is 0 Å². The van der Waals surface area contributed by atoms with Gasteiger partial charge in [-0.2, -0.15) is 0 Å². The molecule has 2 atom stereocenters. The maximum Gasteiger partial charge on any atom is 0.0363 e. The Bertz CT molecular complexity index is 599. The standard InChI is InChI=1S/C28H44NP/c1-5-7-9-17-23-30(24-18-10-8-6-2)29(25(3)27-19-13-11-14-20-27)26(4)28-21-15-12-16-22-28/h11-16,19-22,25-26H,5-10,17-18,23-24H2,1-4H3/t25-,26-/m0/s1. The summed E-state index contributed by atoms with van der Waals surface area (Å²) in [5, 5.41) is 0. The van der Waals surface area contributed by atoms with Gasteiger partial charge in [0.15, 0.2) is 0 Å². The summed E-state index contributed by atoms with van der Waals surface area (Å²) in [6.07, 6.45) is 13.7. The molecule has 0 spiro atoms. The van der Waals surface area contributed by atoms with Crippen LogP contribution in [-0.2, 0) is 0 Å². The van der Waals surface area contributed by atoms with E-state index in [9.17, 15) is 0 Å². The van der Waals surface area contributed by atoms with Crippen molar-refractivity contribution in [2.45, 2.75) is 91.1 Å². The highest BCUT2D eigenvalue weighted by Crippen LogP contribution is 2.52. The lowest BCUT2D eigenvalue weighted by atomic mass is 10.0. The minimum absolute atomic E-state index is 0.150. The summed E-state index contributed by atoms with van der Waals surface area (Å²) in [6, 6.07) is 23.2. The summed E-state index contributed by atoms with van der Waals surface area (Å²) < 4.78 is 2.90. The Morgan fingerprint density at radius 3 is 1.37 bits per heavy atom. The molecule has 0 N–H and O–H groups in total. The number of rotatable bonds is 15. The molecule has 2 aromatic rings. The fraction of sp³-hybridized carbons (Fsp3) is 0.571. The van der Waals surface area contributed by atoms with Crippen LogP contribution in [0.4, 0.5) is 0 Å². The largest absolute Gasteiger partial charge is 0.268 e. The highest BCUT2D eigenvalue weighted by molar-refractivity contribution is 7.55. The smallest absolute Gasteiger partial charge is 0.0363 e. The normalized spacial score (nSPS) is 13.7. The molecule has 0 fully saturated rings. The monoisotopic (exact) mass is 425 g/mol. The topological polar surface area (TPSA) is 3.24 Å². The molecule has 166 valence electrons. The van der Waals surface area contributed by atoms with Crippen LogP contribution >= 0.6 is 8.07 Å². The van der Waals surface area contributed by atoms with E-state index in [-0.39, 0.29) is 8.07 Å². The van der Waals surface area contributed by atoms with Gasteiger partial charge in [0.05, 0.1) is 0 Å². The van der Waals surface area contributed by atoms with E-state index in [1.54, 1.807) is 0 Å². The van der Waals surface area contributed by atoms with E-state index >= 15 is 0 Å². The van der Waals surface area contributed by atoms with Gasteiger partial charge in [-0.1, -0.05) is 113 Å². The summed E-state index contributed by atoms with van der Waals surface area (Å²) >= 11 is 0. The number of hydrogen-bond donors (Lipinski definition) is 0. The Morgan fingerprint density at radius 1 is 0.600 bits per heavy atom. The second-order valence-corrected chi connectivity index (χ2v) is 11.0. The second-order valence-electron chi connectivity index (χ2n) is 8.63. The summed E-state index contributed by atoms with van der Waals surface area (Å²) in [5.41, 5.74) is 2.91. The van der Waals surface area contributed by atoms with Crippen molar-refractivity contribution in [2.75, 3.05) is 12.3 Å². The van der Waals surface area contributed by atoms with Crippen molar-refractivity contribution in [3.8, 4) is 0 Å². The molecule has 2 aromatic carbocycles. The van der Waals surface area contributed by atoms with Gasteiger partial charge in [0.1, 0.15) is 0 Å². The molecule has 0 radical (unpaired) electrons. The Kier molecular flexibility index (Phi) is 12.4. The van der Waals surface area contributed by atoms with Gasteiger partial charge in [-0.15, -0.1) is 0 Å². The average molecular weight is 426 g/mol. The van der Waals surface area contributed by atoms with Gasteiger partial charge in [0.2, 0.25) is 0 Å². The van der Waals surface area contributed by atoms with Crippen molar-refractivity contribution in [3.63, 3.8) is 0 Å². The third-order valence-electron chi connectivity index (χ3n) is 6.22. The van der Waals surface area contributed by atoms with Gasteiger partial charge in [0.25, 0.3) is 0 Å². The van der Waals surface area contributed by atoms with Crippen molar-refractivity contribution in [3.05, 3.63) is 71.8 Å². The highest BCUT2D eigenvalue weighted by Gasteiger charge is 2.29. The molecular weight excluding hydrogens is 381 g/mol. The third-order valence-corrected chi connectivity index (χ3v) is 9.23. The summed E-state index contributed by atoms with van der Waals surface area (Å²) in [6.45, 7) is 9.49. The molecule has 2 heteroatoms. The van der Waals surface area contributed by atoms with Crippen LogP contribution in [0.1, 0.15) is 102 Å². The van der Waals surface area contributed by atoms with E-state index in [0.717, 1.165) is 0 Å². The molecule has 1 nitrogen and oxygen atoms in total. The predicted molar refractivity (Wildman–Crippen MR) is 136 cm³/mol. The first kappa shape index (κ1) is 25.1. The molecule has 30 heavy (non-hydrogen) atoms. The molecular formula is C28H44NP. The fourth-order valence-corrected chi connectivity index (χ4v) is 7.49. The Balaban J connectivity index is 2.26. The number of unbranched alkanes of at least 4 members (excludes halogenated alkanes) is 6. The molecule has 0 saturated heterocycles. The molecule has 0 unspecified atom stereocenters. The predicted octanol–water partition coefficient (Wildman–Crippen LogP) is 9.37. The van der Waals surface area contributed by atoms with Gasteiger partial charge in [-0.05, 0) is 58.2 Å². The van der Waals surface area contributed by atoms with Gasteiger partial charge >= 0.3 is 0 Å². The van der Waals surface area contributed by atoms with Crippen LogP contribution in [0.2, 0.25) is 0 Å². The molecule has 0 heterocycles. The molecule has 2 rings (SSSR count). The first-order valence-electron chi connectivity index (χ1n) is 12.3. The lowest BCUT2D eigenvalue weighted by Gasteiger charge is -2.42. The molecule has 0 bridgehead atoms. The van der Waals surface area contributed by atoms with E-state index in [4.69, 9.17) is 0 Å². The minimum atomic E-state index is -0.150. The Hall–Kier alpha value is -1.17. The van der Waals surface area contributed by atoms with E-state index in [0.29, 0.717) is 12.1 Å². The quantitative estimate of drug-likeness (QED) is 0.203. The van der Waals surface area contributed by atoms with Crippen molar-refractivity contribution in [1.29, 1.82) is 0 Å². The number of hydrogen-bond acceptors (Lipinski definition) is 1. The van der Waals surface area contributed by atoms with Crippen LogP contribution in [-0.4, -0.2) is 17.0 Å². The van der Waals surface area contributed by atoms with E-state index in [2.05, 4.69) is 93.0 Å². The van der Waals surface area contributed by atoms with Gasteiger partial charge in [-0.25, -0.2) is 0 Å². The van der Waals surface area contributed by atoms with Gasteiger partial charge in [-0.3, -0.25) is 4.67 Å². The van der Waals surface area contributed by atoms with Crippen molar-refractivity contribution >= 4 is 8.07 Å². The first-order valence-corrected chi connectivity index (χ1v) is 14.0.